The van der Waals surface area contributed by atoms with Crippen LogP contribution in [0.3, 0.4) is 0 Å². The van der Waals surface area contributed by atoms with Crippen LogP contribution in [-0.2, 0) is 19.5 Å². The number of nitrogens with zero attached hydrogens (tertiary/aromatic N) is 3. The molecule has 5 nitrogen and oxygen atoms in total. The maximum absolute atomic E-state index is 12.4. The van der Waals surface area contributed by atoms with Crippen LogP contribution in [0.5, 0.6) is 5.75 Å². The van der Waals surface area contributed by atoms with Crippen LogP contribution in [0.2, 0.25) is 0 Å². The molecule has 2 aromatic carbocycles. The predicted octanol–water partition coefficient (Wildman–Crippen LogP) is 5.34. The van der Waals surface area contributed by atoms with Crippen molar-refractivity contribution in [2.24, 2.45) is 4.99 Å². The van der Waals surface area contributed by atoms with Crippen LogP contribution in [0.1, 0.15) is 47.8 Å². The van der Waals surface area contributed by atoms with Gasteiger partial charge in [-0.05, 0) is 54.0 Å². The van der Waals surface area contributed by atoms with Crippen molar-refractivity contribution in [1.29, 1.82) is 0 Å². The molecule has 174 valence electrons. The van der Waals surface area contributed by atoms with E-state index in [1.165, 1.54) is 11.1 Å². The lowest BCUT2D eigenvalue weighted by atomic mass is 9.94. The van der Waals surface area contributed by atoms with Gasteiger partial charge in [0.05, 0.1) is 12.2 Å². The van der Waals surface area contributed by atoms with E-state index < -0.39 is 0 Å². The molecule has 5 heteroatoms. The molecule has 4 rings (SSSR count). The first kappa shape index (κ1) is 23.5. The fourth-order valence-corrected chi connectivity index (χ4v) is 4.61. The number of rotatable bonds is 7. The van der Waals surface area contributed by atoms with Gasteiger partial charge in [-0.2, -0.15) is 0 Å². The second-order valence-electron chi connectivity index (χ2n) is 8.58. The topological polar surface area (TPSA) is 57.8 Å². The molecule has 1 atom stereocenters. The highest BCUT2D eigenvalue weighted by atomic mass is 16.3. The summed E-state index contributed by atoms with van der Waals surface area (Å²) in [6.45, 7) is 10.0. The van der Waals surface area contributed by atoms with Gasteiger partial charge in [-0.25, -0.2) is 0 Å². The van der Waals surface area contributed by atoms with E-state index in [1.54, 1.807) is 18.5 Å². The Morgan fingerprint density at radius 2 is 1.91 bits per heavy atom. The fraction of sp³-hybridized carbons (Fsp3) is 0.241. The summed E-state index contributed by atoms with van der Waals surface area (Å²) in [6.07, 6.45) is 8.32. The highest BCUT2D eigenvalue weighted by Gasteiger charge is 2.30. The number of hydrogen-bond donors (Lipinski definition) is 1. The molecular formula is C29H31N3O2. The van der Waals surface area contributed by atoms with Crippen LogP contribution in [-0.4, -0.2) is 27.8 Å². The second kappa shape index (κ2) is 10.5. The summed E-state index contributed by atoms with van der Waals surface area (Å²) in [5.41, 5.74) is 6.17. The molecule has 0 radical (unpaired) electrons. The summed E-state index contributed by atoms with van der Waals surface area (Å²) in [7, 11) is 0. The van der Waals surface area contributed by atoms with Gasteiger partial charge < -0.3 is 9.67 Å². The first-order valence-electron chi connectivity index (χ1n) is 11.7. The molecule has 1 aliphatic rings. The lowest BCUT2D eigenvalue weighted by molar-refractivity contribution is 0.172. The maximum Gasteiger partial charge on any atom is 0.223 e. The average molecular weight is 454 g/mol. The van der Waals surface area contributed by atoms with Crippen molar-refractivity contribution in [3.05, 3.63) is 117 Å². The molecule has 0 aliphatic carbocycles. The van der Waals surface area contributed by atoms with Crippen LogP contribution in [0.25, 0.3) is 5.57 Å². The third-order valence-corrected chi connectivity index (χ3v) is 6.34. The van der Waals surface area contributed by atoms with Crippen molar-refractivity contribution in [3.63, 3.8) is 0 Å². The van der Waals surface area contributed by atoms with E-state index in [4.69, 9.17) is 0 Å². The summed E-state index contributed by atoms with van der Waals surface area (Å²) >= 11 is 0. The fourth-order valence-electron chi connectivity index (χ4n) is 4.61. The van der Waals surface area contributed by atoms with Crippen LogP contribution < -0.4 is 5.43 Å². The van der Waals surface area contributed by atoms with E-state index in [1.807, 2.05) is 29.7 Å². The zero-order chi connectivity index (χ0) is 24.1. The molecule has 0 amide bonds. The number of fused-ring (bicyclic) bond motifs is 1. The summed E-state index contributed by atoms with van der Waals surface area (Å²) in [5.74, 6) is -0.213. The van der Waals surface area contributed by atoms with Gasteiger partial charge in [0.25, 0.3) is 0 Å². The van der Waals surface area contributed by atoms with Gasteiger partial charge in [0.15, 0.2) is 5.75 Å². The van der Waals surface area contributed by atoms with Gasteiger partial charge in [-0.3, -0.25) is 14.7 Å². The minimum absolute atomic E-state index is 0.128. The number of allylic oxidation sites excluding steroid dienone is 3. The predicted molar refractivity (Wildman–Crippen MR) is 139 cm³/mol. The number of aryl methyl sites for hydroxylation is 1. The molecule has 34 heavy (non-hydrogen) atoms. The maximum atomic E-state index is 12.4. The summed E-state index contributed by atoms with van der Waals surface area (Å²) in [4.78, 5) is 18.8. The van der Waals surface area contributed by atoms with Crippen molar-refractivity contribution in [1.82, 2.24) is 9.47 Å². The Hall–Kier alpha value is -3.70. The summed E-state index contributed by atoms with van der Waals surface area (Å²) in [6, 6.07) is 18.5. The van der Waals surface area contributed by atoms with Gasteiger partial charge in [0.1, 0.15) is 0 Å². The van der Waals surface area contributed by atoms with Gasteiger partial charge in [0, 0.05) is 37.6 Å². The SMILES string of the molecule is C=N/C=C(\C=C/C)c1cccc(C2c3cc(=O)c(O)cn3CCN2Cc2ccc(CC)cc2)c1. The van der Waals surface area contributed by atoms with Crippen molar-refractivity contribution in [2.45, 2.75) is 39.4 Å². The third kappa shape index (κ3) is 4.95. The zero-order valence-electron chi connectivity index (χ0n) is 19.8. The Balaban J connectivity index is 1.80. The van der Waals surface area contributed by atoms with E-state index in [-0.39, 0.29) is 17.2 Å². The van der Waals surface area contributed by atoms with Crippen LogP contribution in [0.15, 0.2) is 88.9 Å². The monoisotopic (exact) mass is 453 g/mol. The Bertz CT molecular complexity index is 1290. The number of aromatic nitrogens is 1. The standard InChI is InChI=1S/C29H31N3O2/c1-4-7-25(18-30-3)23-8-6-9-24(16-23)29-26-17-27(33)28(34)20-31(26)14-15-32(29)19-22-12-10-21(5-2)11-13-22/h4,6-13,16-18,20,29,34H,3,5,14-15,19H2,1-2H3/b7-4-,25-18+. The van der Waals surface area contributed by atoms with Crippen LogP contribution >= 0.6 is 0 Å². The largest absolute Gasteiger partial charge is 0.503 e. The highest BCUT2D eigenvalue weighted by molar-refractivity contribution is 5.74. The number of hydrogen-bond acceptors (Lipinski definition) is 4. The molecule has 1 N–H and O–H groups in total. The first-order chi connectivity index (χ1) is 16.5. The zero-order valence-corrected chi connectivity index (χ0v) is 19.8. The van der Waals surface area contributed by atoms with Gasteiger partial charge in [-0.15, -0.1) is 0 Å². The smallest absolute Gasteiger partial charge is 0.223 e. The molecule has 0 fully saturated rings. The number of aliphatic imine (C=N–C) groups is 1. The van der Waals surface area contributed by atoms with Gasteiger partial charge in [-0.1, -0.05) is 61.5 Å². The quantitative estimate of drug-likeness (QED) is 0.388. The van der Waals surface area contributed by atoms with E-state index in [0.717, 1.165) is 41.9 Å². The lowest BCUT2D eigenvalue weighted by Gasteiger charge is -2.38. The van der Waals surface area contributed by atoms with Crippen molar-refractivity contribution in [2.75, 3.05) is 6.54 Å². The van der Waals surface area contributed by atoms with E-state index in [0.29, 0.717) is 6.54 Å². The molecule has 3 aromatic rings. The molecule has 0 bridgehead atoms. The molecule has 1 aliphatic heterocycles. The molecule has 1 unspecified atom stereocenters. The molecule has 0 saturated carbocycles. The van der Waals surface area contributed by atoms with E-state index >= 15 is 0 Å². The highest BCUT2D eigenvalue weighted by Crippen LogP contribution is 2.34. The molecule has 0 spiro atoms. The molecular weight excluding hydrogens is 422 g/mol. The normalized spacial score (nSPS) is 16.5. The minimum Gasteiger partial charge on any atom is -0.503 e. The molecule has 0 saturated heterocycles. The Morgan fingerprint density at radius 1 is 1.15 bits per heavy atom. The van der Waals surface area contributed by atoms with Crippen LogP contribution in [0.4, 0.5) is 0 Å². The summed E-state index contributed by atoms with van der Waals surface area (Å²) in [5, 5.41) is 10.0. The van der Waals surface area contributed by atoms with E-state index in [2.05, 4.69) is 66.0 Å². The average Bonchev–Trinajstić information content (AvgIpc) is 2.85. The first-order valence-corrected chi connectivity index (χ1v) is 11.7. The Kier molecular flexibility index (Phi) is 7.24. The summed E-state index contributed by atoms with van der Waals surface area (Å²) < 4.78 is 2.00. The number of pyridine rings is 1. The Labute approximate surface area is 201 Å². The molecule has 1 aromatic heterocycles. The van der Waals surface area contributed by atoms with Gasteiger partial charge >= 0.3 is 0 Å². The molecule has 2 heterocycles. The minimum atomic E-state index is -0.355. The van der Waals surface area contributed by atoms with E-state index in [9.17, 15) is 9.90 Å². The number of aromatic hydroxyl groups is 1. The van der Waals surface area contributed by atoms with Crippen LogP contribution in [0, 0.1) is 0 Å². The van der Waals surface area contributed by atoms with Crippen molar-refractivity contribution < 1.29 is 5.11 Å². The van der Waals surface area contributed by atoms with Crippen molar-refractivity contribution >= 4 is 12.3 Å². The van der Waals surface area contributed by atoms with Crippen molar-refractivity contribution in [3.8, 4) is 5.75 Å². The second-order valence-corrected chi connectivity index (χ2v) is 8.58. The lowest BCUT2D eigenvalue weighted by Crippen LogP contribution is -2.39. The number of benzene rings is 2. The third-order valence-electron chi connectivity index (χ3n) is 6.34. The van der Waals surface area contributed by atoms with Gasteiger partial charge in [0.2, 0.25) is 5.43 Å². The Morgan fingerprint density at radius 3 is 2.62 bits per heavy atom.